The van der Waals surface area contributed by atoms with Gasteiger partial charge in [0, 0.05) is 25.3 Å². The van der Waals surface area contributed by atoms with Crippen LogP contribution < -0.4 is 15.5 Å². The van der Waals surface area contributed by atoms with Gasteiger partial charge in [-0.2, -0.15) is 0 Å². The third-order valence-corrected chi connectivity index (χ3v) is 3.33. The van der Waals surface area contributed by atoms with Crippen molar-refractivity contribution < 1.29 is 9.59 Å². The molecule has 0 aromatic heterocycles. The predicted molar refractivity (Wildman–Crippen MR) is 83.4 cm³/mol. The molecular weight excluding hydrogens is 266 g/mol. The summed E-state index contributed by atoms with van der Waals surface area (Å²) in [6, 6.07) is 7.59. The van der Waals surface area contributed by atoms with Gasteiger partial charge in [0.15, 0.2) is 0 Å². The van der Waals surface area contributed by atoms with Crippen LogP contribution in [0, 0.1) is 5.41 Å². The van der Waals surface area contributed by atoms with E-state index in [0.29, 0.717) is 26.1 Å². The van der Waals surface area contributed by atoms with Gasteiger partial charge < -0.3 is 15.5 Å². The van der Waals surface area contributed by atoms with Crippen LogP contribution in [0.5, 0.6) is 0 Å². The maximum atomic E-state index is 12.0. The molecule has 1 aromatic rings. The van der Waals surface area contributed by atoms with E-state index in [2.05, 4.69) is 31.4 Å². The van der Waals surface area contributed by atoms with Gasteiger partial charge in [-0.05, 0) is 17.0 Å². The van der Waals surface area contributed by atoms with Gasteiger partial charge in [0.25, 0.3) is 0 Å². The maximum Gasteiger partial charge on any atom is 0.314 e. The molecule has 0 saturated heterocycles. The van der Waals surface area contributed by atoms with Gasteiger partial charge in [0.2, 0.25) is 5.91 Å². The standard InChI is InChI=1S/C16H23N3O2/c1-16(2,3)11-18-15(21)17-8-9-19-13-7-5-4-6-12(13)10-14(19)20/h4-7H,8-11H2,1-3H3,(H2,17,18,21). The van der Waals surface area contributed by atoms with Gasteiger partial charge in [-0.25, -0.2) is 4.79 Å². The zero-order valence-electron chi connectivity index (χ0n) is 12.9. The van der Waals surface area contributed by atoms with Crippen LogP contribution in [0.4, 0.5) is 10.5 Å². The molecule has 0 unspecified atom stereocenters. The number of rotatable bonds is 4. The highest BCUT2D eigenvalue weighted by atomic mass is 16.2. The van der Waals surface area contributed by atoms with Crippen molar-refractivity contribution in [2.75, 3.05) is 24.5 Å². The summed E-state index contributed by atoms with van der Waals surface area (Å²) >= 11 is 0. The van der Waals surface area contributed by atoms with Crippen LogP contribution >= 0.6 is 0 Å². The second kappa shape index (κ2) is 6.16. The first kappa shape index (κ1) is 15.4. The summed E-state index contributed by atoms with van der Waals surface area (Å²) in [6.45, 7) is 7.74. The van der Waals surface area contributed by atoms with Gasteiger partial charge in [-0.1, -0.05) is 39.0 Å². The molecule has 0 saturated carbocycles. The van der Waals surface area contributed by atoms with Crippen LogP contribution in [-0.2, 0) is 11.2 Å². The van der Waals surface area contributed by atoms with Crippen molar-refractivity contribution >= 4 is 17.6 Å². The first-order chi connectivity index (χ1) is 9.87. The molecule has 0 bridgehead atoms. The lowest BCUT2D eigenvalue weighted by Gasteiger charge is -2.20. The summed E-state index contributed by atoms with van der Waals surface area (Å²) in [7, 11) is 0. The average Bonchev–Trinajstić information content (AvgIpc) is 2.72. The Morgan fingerprint density at radius 3 is 2.67 bits per heavy atom. The zero-order chi connectivity index (χ0) is 15.5. The number of urea groups is 1. The Balaban J connectivity index is 1.79. The Kier molecular flexibility index (Phi) is 4.50. The van der Waals surface area contributed by atoms with Crippen molar-refractivity contribution in [2.45, 2.75) is 27.2 Å². The van der Waals surface area contributed by atoms with Gasteiger partial charge in [0.1, 0.15) is 0 Å². The van der Waals surface area contributed by atoms with E-state index >= 15 is 0 Å². The Morgan fingerprint density at radius 2 is 1.95 bits per heavy atom. The first-order valence-corrected chi connectivity index (χ1v) is 7.27. The lowest BCUT2D eigenvalue weighted by Crippen LogP contribution is -2.43. The molecule has 1 heterocycles. The molecule has 2 N–H and O–H groups in total. The molecule has 3 amide bonds. The number of nitrogens with one attached hydrogen (secondary N) is 2. The fourth-order valence-corrected chi connectivity index (χ4v) is 2.25. The zero-order valence-corrected chi connectivity index (χ0v) is 12.9. The van der Waals surface area contributed by atoms with Crippen LogP contribution in [0.3, 0.4) is 0 Å². The van der Waals surface area contributed by atoms with E-state index in [1.165, 1.54) is 0 Å². The number of fused-ring (bicyclic) bond motifs is 1. The van der Waals surface area contributed by atoms with Crippen molar-refractivity contribution in [1.82, 2.24) is 10.6 Å². The summed E-state index contributed by atoms with van der Waals surface area (Å²) in [6.07, 6.45) is 0.451. The van der Waals surface area contributed by atoms with E-state index in [-0.39, 0.29) is 17.4 Å². The number of amides is 3. The third kappa shape index (κ3) is 4.21. The highest BCUT2D eigenvalue weighted by Crippen LogP contribution is 2.27. The number of benzene rings is 1. The van der Waals surface area contributed by atoms with Crippen molar-refractivity contribution in [1.29, 1.82) is 0 Å². The van der Waals surface area contributed by atoms with Crippen molar-refractivity contribution in [3.63, 3.8) is 0 Å². The van der Waals surface area contributed by atoms with Gasteiger partial charge >= 0.3 is 6.03 Å². The topological polar surface area (TPSA) is 61.4 Å². The molecule has 1 aliphatic rings. The van der Waals surface area contributed by atoms with E-state index in [9.17, 15) is 9.59 Å². The summed E-state index contributed by atoms with van der Waals surface area (Å²) < 4.78 is 0. The number of para-hydroxylation sites is 1. The van der Waals surface area contributed by atoms with Crippen molar-refractivity contribution in [2.24, 2.45) is 5.41 Å². The summed E-state index contributed by atoms with van der Waals surface area (Å²) in [5, 5.41) is 5.61. The van der Waals surface area contributed by atoms with E-state index < -0.39 is 0 Å². The molecule has 21 heavy (non-hydrogen) atoms. The minimum Gasteiger partial charge on any atom is -0.338 e. The molecule has 0 fully saturated rings. The fraction of sp³-hybridized carbons (Fsp3) is 0.500. The lowest BCUT2D eigenvalue weighted by atomic mass is 9.97. The minimum absolute atomic E-state index is 0.0567. The average molecular weight is 289 g/mol. The molecule has 0 atom stereocenters. The number of carbonyl (C=O) groups is 2. The summed E-state index contributed by atoms with van der Waals surface area (Å²) in [5.74, 6) is 0.0908. The molecule has 1 aromatic carbocycles. The van der Waals surface area contributed by atoms with Crippen molar-refractivity contribution in [3.05, 3.63) is 29.8 Å². The molecule has 5 nitrogen and oxygen atoms in total. The lowest BCUT2D eigenvalue weighted by molar-refractivity contribution is -0.117. The summed E-state index contributed by atoms with van der Waals surface area (Å²) in [5.41, 5.74) is 2.07. The van der Waals surface area contributed by atoms with E-state index in [1.54, 1.807) is 4.90 Å². The minimum atomic E-state index is -0.190. The largest absolute Gasteiger partial charge is 0.338 e. The van der Waals surface area contributed by atoms with Crippen LogP contribution in [-0.4, -0.2) is 31.6 Å². The Labute approximate surface area is 125 Å². The Bertz CT molecular complexity index is 535. The molecular formula is C16H23N3O2. The molecule has 1 aliphatic heterocycles. The predicted octanol–water partition coefficient (Wildman–Crippen LogP) is 1.92. The van der Waals surface area contributed by atoms with Crippen LogP contribution in [0.25, 0.3) is 0 Å². The normalized spacial score (nSPS) is 14.0. The van der Waals surface area contributed by atoms with Crippen molar-refractivity contribution in [3.8, 4) is 0 Å². The number of carbonyl (C=O) groups excluding carboxylic acids is 2. The number of nitrogens with zero attached hydrogens (tertiary/aromatic N) is 1. The maximum absolute atomic E-state index is 12.0. The molecule has 0 spiro atoms. The Morgan fingerprint density at radius 1 is 1.24 bits per heavy atom. The second-order valence-corrected chi connectivity index (χ2v) is 6.52. The van der Waals surface area contributed by atoms with Crippen LogP contribution in [0.2, 0.25) is 0 Å². The molecule has 0 aliphatic carbocycles. The monoisotopic (exact) mass is 289 g/mol. The smallest absolute Gasteiger partial charge is 0.314 e. The molecule has 0 radical (unpaired) electrons. The second-order valence-electron chi connectivity index (χ2n) is 6.52. The van der Waals surface area contributed by atoms with Crippen LogP contribution in [0.15, 0.2) is 24.3 Å². The van der Waals surface area contributed by atoms with E-state index in [0.717, 1.165) is 11.3 Å². The van der Waals surface area contributed by atoms with Crippen LogP contribution in [0.1, 0.15) is 26.3 Å². The quantitative estimate of drug-likeness (QED) is 0.889. The van der Waals surface area contributed by atoms with Gasteiger partial charge in [0.05, 0.1) is 6.42 Å². The number of hydrogen-bond acceptors (Lipinski definition) is 2. The molecule has 114 valence electrons. The fourth-order valence-electron chi connectivity index (χ4n) is 2.25. The highest BCUT2D eigenvalue weighted by Gasteiger charge is 2.26. The number of anilines is 1. The van der Waals surface area contributed by atoms with E-state index in [1.807, 2.05) is 24.3 Å². The number of hydrogen-bond donors (Lipinski definition) is 2. The highest BCUT2D eigenvalue weighted by molar-refractivity contribution is 6.01. The summed E-state index contributed by atoms with van der Waals surface area (Å²) in [4.78, 5) is 25.4. The van der Waals surface area contributed by atoms with Gasteiger partial charge in [-0.15, -0.1) is 0 Å². The molecule has 5 heteroatoms. The van der Waals surface area contributed by atoms with E-state index in [4.69, 9.17) is 0 Å². The first-order valence-electron chi connectivity index (χ1n) is 7.27. The van der Waals surface area contributed by atoms with Gasteiger partial charge in [-0.3, -0.25) is 4.79 Å². The SMILES string of the molecule is CC(C)(C)CNC(=O)NCCN1C(=O)Cc2ccccc21. The Hall–Kier alpha value is -2.04. The molecule has 2 rings (SSSR count). The third-order valence-electron chi connectivity index (χ3n) is 3.33.